The smallest absolute Gasteiger partial charge is 0.232 e. The first-order valence-electron chi connectivity index (χ1n) is 8.49. The molecule has 0 aromatic heterocycles. The number of amides is 1. The van der Waals surface area contributed by atoms with Crippen molar-refractivity contribution in [2.24, 2.45) is 0 Å². The third kappa shape index (κ3) is 6.03. The topological polar surface area (TPSA) is 84.9 Å². The van der Waals surface area contributed by atoms with Gasteiger partial charge in [0.05, 0.1) is 31.2 Å². The third-order valence-electron chi connectivity index (χ3n) is 3.94. The zero-order valence-electron chi connectivity index (χ0n) is 15.9. The van der Waals surface area contributed by atoms with Crippen LogP contribution in [-0.2, 0) is 14.8 Å². The summed E-state index contributed by atoms with van der Waals surface area (Å²) in [6.45, 7) is 0.169. The van der Waals surface area contributed by atoms with Crippen LogP contribution < -0.4 is 19.1 Å². The summed E-state index contributed by atoms with van der Waals surface area (Å²) in [4.78, 5) is 12.2. The molecule has 7 nitrogen and oxygen atoms in total. The van der Waals surface area contributed by atoms with Crippen LogP contribution in [0.4, 0.5) is 11.4 Å². The number of halogens is 1. The molecule has 0 saturated heterocycles. The van der Waals surface area contributed by atoms with Crippen LogP contribution in [0.3, 0.4) is 0 Å². The number of hydrogen-bond donors (Lipinski definition) is 1. The predicted molar refractivity (Wildman–Crippen MR) is 111 cm³/mol. The van der Waals surface area contributed by atoms with Crippen LogP contribution >= 0.6 is 11.6 Å². The van der Waals surface area contributed by atoms with Gasteiger partial charge in [0.1, 0.15) is 11.5 Å². The second kappa shape index (κ2) is 9.66. The molecule has 2 aromatic rings. The largest absolute Gasteiger partial charge is 0.497 e. The molecule has 2 rings (SSSR count). The van der Waals surface area contributed by atoms with Gasteiger partial charge in [0, 0.05) is 24.7 Å². The Labute approximate surface area is 170 Å². The van der Waals surface area contributed by atoms with Crippen molar-refractivity contribution in [2.75, 3.05) is 36.6 Å². The molecule has 0 radical (unpaired) electrons. The summed E-state index contributed by atoms with van der Waals surface area (Å²) in [5.74, 6) is 0.836. The van der Waals surface area contributed by atoms with Crippen LogP contribution in [0.1, 0.15) is 12.8 Å². The third-order valence-corrected chi connectivity index (χ3v) is 5.43. The van der Waals surface area contributed by atoms with E-state index < -0.39 is 10.0 Å². The minimum absolute atomic E-state index is 0.152. The number of hydrogen-bond acceptors (Lipinski definition) is 5. The van der Waals surface area contributed by atoms with Crippen LogP contribution in [0, 0.1) is 0 Å². The van der Waals surface area contributed by atoms with Crippen molar-refractivity contribution < 1.29 is 22.7 Å². The number of anilines is 2. The summed E-state index contributed by atoms with van der Waals surface area (Å²) in [6, 6.07) is 11.7. The van der Waals surface area contributed by atoms with Crippen molar-refractivity contribution in [1.29, 1.82) is 0 Å². The molecule has 9 heteroatoms. The maximum absolute atomic E-state index is 12.2. The molecule has 0 aliphatic heterocycles. The first-order chi connectivity index (χ1) is 13.2. The van der Waals surface area contributed by atoms with E-state index in [1.165, 1.54) is 18.5 Å². The monoisotopic (exact) mass is 426 g/mol. The number of ether oxygens (including phenoxy) is 2. The molecule has 0 spiro atoms. The van der Waals surface area contributed by atoms with Crippen LogP contribution in [0.5, 0.6) is 11.5 Å². The Hall–Kier alpha value is -2.45. The lowest BCUT2D eigenvalue weighted by Crippen LogP contribution is -2.31. The number of nitrogens with zero attached hydrogens (tertiary/aromatic N) is 1. The number of methoxy groups -OCH3 is 2. The Morgan fingerprint density at radius 2 is 1.89 bits per heavy atom. The zero-order chi connectivity index (χ0) is 20.7. The van der Waals surface area contributed by atoms with Crippen LogP contribution in [0.2, 0.25) is 5.02 Å². The number of nitrogens with one attached hydrogen (secondary N) is 1. The number of carbonyl (C=O) groups excluding carboxylic acids is 1. The maximum atomic E-state index is 12.2. The SMILES string of the molecule is COc1cccc(N(CCCC(=O)Nc2ccc(OC)c(Cl)c2)S(C)(=O)=O)c1. The molecule has 2 aromatic carbocycles. The normalized spacial score (nSPS) is 11.0. The molecule has 0 fully saturated rings. The van der Waals surface area contributed by atoms with Crippen molar-refractivity contribution in [3.8, 4) is 11.5 Å². The van der Waals surface area contributed by atoms with Crippen LogP contribution in [0.15, 0.2) is 42.5 Å². The van der Waals surface area contributed by atoms with E-state index >= 15 is 0 Å². The summed E-state index contributed by atoms with van der Waals surface area (Å²) >= 11 is 6.04. The lowest BCUT2D eigenvalue weighted by atomic mass is 10.2. The molecule has 0 heterocycles. The Morgan fingerprint density at radius 3 is 2.50 bits per heavy atom. The van der Waals surface area contributed by atoms with E-state index in [-0.39, 0.29) is 18.9 Å². The molecular weight excluding hydrogens is 404 g/mol. The Kier molecular flexibility index (Phi) is 7.53. The fraction of sp³-hybridized carbons (Fsp3) is 0.316. The van der Waals surface area contributed by atoms with Gasteiger partial charge in [0.15, 0.2) is 0 Å². The lowest BCUT2D eigenvalue weighted by Gasteiger charge is -2.22. The highest BCUT2D eigenvalue weighted by Crippen LogP contribution is 2.27. The standard InChI is InChI=1S/C19H23ClN2O5S/c1-26-16-7-4-6-15(13-16)22(28(3,24)25)11-5-8-19(23)21-14-9-10-18(27-2)17(20)12-14/h4,6-7,9-10,12-13H,5,8,11H2,1-3H3,(H,21,23). The van der Waals surface area contributed by atoms with E-state index in [0.29, 0.717) is 34.3 Å². The van der Waals surface area contributed by atoms with Gasteiger partial charge in [0.2, 0.25) is 15.9 Å². The quantitative estimate of drug-likeness (QED) is 0.662. The van der Waals surface area contributed by atoms with Gasteiger partial charge >= 0.3 is 0 Å². The van der Waals surface area contributed by atoms with Crippen molar-refractivity contribution >= 4 is 38.9 Å². The van der Waals surface area contributed by atoms with Crippen molar-refractivity contribution in [3.63, 3.8) is 0 Å². The van der Waals surface area contributed by atoms with Gasteiger partial charge in [-0.2, -0.15) is 0 Å². The van der Waals surface area contributed by atoms with Crippen molar-refractivity contribution in [2.45, 2.75) is 12.8 Å². The van der Waals surface area contributed by atoms with Gasteiger partial charge in [-0.3, -0.25) is 9.10 Å². The van der Waals surface area contributed by atoms with E-state index in [1.54, 1.807) is 42.5 Å². The number of carbonyl (C=O) groups is 1. The highest BCUT2D eigenvalue weighted by Gasteiger charge is 2.18. The van der Waals surface area contributed by atoms with E-state index in [4.69, 9.17) is 21.1 Å². The average Bonchev–Trinajstić information content (AvgIpc) is 2.64. The first kappa shape index (κ1) is 21.8. The second-order valence-corrected chi connectivity index (χ2v) is 8.35. The van der Waals surface area contributed by atoms with Crippen LogP contribution in [-0.4, -0.2) is 41.3 Å². The number of rotatable bonds is 9. The molecule has 28 heavy (non-hydrogen) atoms. The number of benzene rings is 2. The fourth-order valence-electron chi connectivity index (χ4n) is 2.60. The number of sulfonamides is 1. The van der Waals surface area contributed by atoms with Gasteiger partial charge in [-0.15, -0.1) is 0 Å². The minimum atomic E-state index is -3.50. The summed E-state index contributed by atoms with van der Waals surface area (Å²) in [5, 5.41) is 3.13. The molecule has 0 saturated carbocycles. The van der Waals surface area contributed by atoms with Gasteiger partial charge in [-0.25, -0.2) is 8.42 Å². The molecule has 152 valence electrons. The van der Waals surface area contributed by atoms with E-state index in [1.807, 2.05) is 0 Å². The molecule has 0 aliphatic rings. The Bertz CT molecular complexity index is 934. The molecule has 0 atom stereocenters. The van der Waals surface area contributed by atoms with Crippen LogP contribution in [0.25, 0.3) is 0 Å². The molecular formula is C19H23ClN2O5S. The lowest BCUT2D eigenvalue weighted by molar-refractivity contribution is -0.116. The van der Waals surface area contributed by atoms with E-state index in [2.05, 4.69) is 5.32 Å². The fourth-order valence-corrected chi connectivity index (χ4v) is 3.82. The Morgan fingerprint density at radius 1 is 1.14 bits per heavy atom. The summed E-state index contributed by atoms with van der Waals surface area (Å²) < 4.78 is 35.8. The molecule has 1 N–H and O–H groups in total. The maximum Gasteiger partial charge on any atom is 0.232 e. The second-order valence-electron chi connectivity index (χ2n) is 6.04. The van der Waals surface area contributed by atoms with Gasteiger partial charge in [-0.05, 0) is 36.8 Å². The first-order valence-corrected chi connectivity index (χ1v) is 10.7. The predicted octanol–water partition coefficient (Wildman–Crippen LogP) is 3.54. The summed E-state index contributed by atoms with van der Waals surface area (Å²) in [7, 11) is -0.476. The highest BCUT2D eigenvalue weighted by atomic mass is 35.5. The van der Waals surface area contributed by atoms with E-state index in [9.17, 15) is 13.2 Å². The molecule has 1 amide bonds. The molecule has 0 unspecified atom stereocenters. The zero-order valence-corrected chi connectivity index (χ0v) is 17.5. The molecule has 0 bridgehead atoms. The van der Waals surface area contributed by atoms with Gasteiger partial charge in [0.25, 0.3) is 0 Å². The summed E-state index contributed by atoms with van der Waals surface area (Å²) in [5.41, 5.74) is 1.03. The van der Waals surface area contributed by atoms with E-state index in [0.717, 1.165) is 6.26 Å². The highest BCUT2D eigenvalue weighted by molar-refractivity contribution is 7.92. The van der Waals surface area contributed by atoms with Crippen molar-refractivity contribution in [3.05, 3.63) is 47.5 Å². The van der Waals surface area contributed by atoms with Gasteiger partial charge in [-0.1, -0.05) is 17.7 Å². The Balaban J connectivity index is 1.98. The van der Waals surface area contributed by atoms with Gasteiger partial charge < -0.3 is 14.8 Å². The average molecular weight is 427 g/mol. The summed E-state index contributed by atoms with van der Waals surface area (Å²) in [6.07, 6.45) is 1.63. The molecule has 0 aliphatic carbocycles. The minimum Gasteiger partial charge on any atom is -0.497 e. The van der Waals surface area contributed by atoms with Crippen molar-refractivity contribution in [1.82, 2.24) is 0 Å².